The molecule has 2 aromatic carbocycles. The Morgan fingerprint density at radius 1 is 1.12 bits per heavy atom. The summed E-state index contributed by atoms with van der Waals surface area (Å²) in [5.74, 6) is -0.359. The molecule has 1 saturated heterocycles. The maximum atomic E-state index is 12.9. The Hall–Kier alpha value is -2.66. The van der Waals surface area contributed by atoms with Crippen molar-refractivity contribution in [3.05, 3.63) is 71.8 Å². The van der Waals surface area contributed by atoms with Crippen LogP contribution in [0.2, 0.25) is 0 Å². The van der Waals surface area contributed by atoms with Crippen LogP contribution in [-0.4, -0.2) is 35.9 Å². The third-order valence-electron chi connectivity index (χ3n) is 4.94. The highest BCUT2D eigenvalue weighted by Gasteiger charge is 2.41. The van der Waals surface area contributed by atoms with Gasteiger partial charge in [-0.05, 0) is 17.5 Å². The summed E-state index contributed by atoms with van der Waals surface area (Å²) in [5, 5.41) is 1.26. The molecule has 1 aliphatic rings. The van der Waals surface area contributed by atoms with Gasteiger partial charge in [-0.2, -0.15) is 0 Å². The topological polar surface area (TPSA) is 49.9 Å². The second-order valence-corrected chi connectivity index (χ2v) is 6.53. The molecule has 26 heavy (non-hydrogen) atoms. The van der Waals surface area contributed by atoms with Gasteiger partial charge in [0.05, 0.1) is 19.1 Å². The summed E-state index contributed by atoms with van der Waals surface area (Å²) in [5.41, 5.74) is 2.02. The maximum Gasteiger partial charge on any atom is 0.251 e. The van der Waals surface area contributed by atoms with Crippen LogP contribution in [0.25, 0.3) is 0 Å². The summed E-state index contributed by atoms with van der Waals surface area (Å²) >= 11 is 0. The minimum Gasteiger partial charge on any atom is -0.331 e. The van der Waals surface area contributed by atoms with Crippen molar-refractivity contribution < 1.29 is 14.4 Å². The summed E-state index contributed by atoms with van der Waals surface area (Å²) in [6, 6.07) is 19.4. The second-order valence-electron chi connectivity index (χ2n) is 6.53. The minimum atomic E-state index is -0.330. The molecule has 0 spiro atoms. The summed E-state index contributed by atoms with van der Waals surface area (Å²) < 4.78 is 0. The Kier molecular flexibility index (Phi) is 5.68. The van der Waals surface area contributed by atoms with Crippen molar-refractivity contribution in [2.75, 3.05) is 14.2 Å². The highest BCUT2D eigenvalue weighted by Crippen LogP contribution is 2.38. The van der Waals surface area contributed by atoms with Crippen molar-refractivity contribution in [3.8, 4) is 0 Å². The number of hydroxylamine groups is 2. The molecule has 0 saturated carbocycles. The molecule has 0 N–H and O–H groups in total. The van der Waals surface area contributed by atoms with Crippen molar-refractivity contribution >= 4 is 11.8 Å². The lowest BCUT2D eigenvalue weighted by Crippen LogP contribution is -2.47. The Bertz CT molecular complexity index is 748. The third-order valence-corrected chi connectivity index (χ3v) is 4.94. The zero-order valence-electron chi connectivity index (χ0n) is 15.2. The first kappa shape index (κ1) is 18.1. The van der Waals surface area contributed by atoms with Crippen LogP contribution >= 0.6 is 0 Å². The molecule has 1 aliphatic heterocycles. The maximum absolute atomic E-state index is 12.9. The van der Waals surface area contributed by atoms with E-state index in [1.807, 2.05) is 65.6 Å². The van der Waals surface area contributed by atoms with Crippen LogP contribution in [0.15, 0.2) is 60.7 Å². The number of rotatable bonds is 5. The lowest BCUT2D eigenvalue weighted by Gasteiger charge is -2.41. The van der Waals surface area contributed by atoms with Gasteiger partial charge >= 0.3 is 0 Å². The number of amides is 2. The average Bonchev–Trinajstić information content (AvgIpc) is 2.69. The molecular weight excluding hydrogens is 328 g/mol. The van der Waals surface area contributed by atoms with Crippen LogP contribution in [0.4, 0.5) is 0 Å². The van der Waals surface area contributed by atoms with E-state index < -0.39 is 0 Å². The zero-order valence-corrected chi connectivity index (χ0v) is 15.2. The fourth-order valence-electron chi connectivity index (χ4n) is 3.56. The number of benzene rings is 2. The molecule has 0 aliphatic carbocycles. The largest absolute Gasteiger partial charge is 0.331 e. The van der Waals surface area contributed by atoms with Gasteiger partial charge in [0.2, 0.25) is 5.91 Å². The van der Waals surface area contributed by atoms with Crippen molar-refractivity contribution in [2.45, 2.75) is 25.4 Å². The number of carbonyl (C=O) groups is 2. The molecule has 5 heteroatoms. The van der Waals surface area contributed by atoms with E-state index in [4.69, 9.17) is 4.84 Å². The fraction of sp³-hybridized carbons (Fsp3) is 0.333. The quantitative estimate of drug-likeness (QED) is 0.777. The van der Waals surface area contributed by atoms with Gasteiger partial charge in [0.15, 0.2) is 0 Å². The van der Waals surface area contributed by atoms with Crippen molar-refractivity contribution in [3.63, 3.8) is 0 Å². The van der Waals surface area contributed by atoms with Crippen molar-refractivity contribution in [1.29, 1.82) is 0 Å². The van der Waals surface area contributed by atoms with Crippen molar-refractivity contribution in [2.24, 2.45) is 5.92 Å². The smallest absolute Gasteiger partial charge is 0.251 e. The first-order valence-electron chi connectivity index (χ1n) is 8.82. The van der Waals surface area contributed by atoms with E-state index in [0.29, 0.717) is 19.4 Å². The molecule has 0 aromatic heterocycles. The Morgan fingerprint density at radius 2 is 1.73 bits per heavy atom. The molecule has 5 nitrogen and oxygen atoms in total. The minimum absolute atomic E-state index is 0.0758. The predicted octanol–water partition coefficient (Wildman–Crippen LogP) is 3.19. The van der Waals surface area contributed by atoms with E-state index in [1.165, 1.54) is 12.2 Å². The number of nitrogens with zero attached hydrogens (tertiary/aromatic N) is 2. The van der Waals surface area contributed by atoms with Crippen LogP contribution in [0.5, 0.6) is 0 Å². The van der Waals surface area contributed by atoms with Crippen LogP contribution < -0.4 is 0 Å². The summed E-state index contributed by atoms with van der Waals surface area (Å²) in [4.78, 5) is 32.6. The van der Waals surface area contributed by atoms with Crippen LogP contribution in [0.1, 0.15) is 30.0 Å². The fourth-order valence-corrected chi connectivity index (χ4v) is 3.56. The molecule has 0 radical (unpaired) electrons. The number of carbonyl (C=O) groups excluding carboxylic acids is 2. The number of hydrogen-bond acceptors (Lipinski definition) is 3. The third kappa shape index (κ3) is 3.78. The van der Waals surface area contributed by atoms with Gasteiger partial charge in [-0.1, -0.05) is 60.7 Å². The molecule has 136 valence electrons. The van der Waals surface area contributed by atoms with E-state index in [9.17, 15) is 9.59 Å². The lowest BCUT2D eigenvalue weighted by molar-refractivity contribution is -0.178. The molecule has 2 amide bonds. The molecule has 0 bridgehead atoms. The highest BCUT2D eigenvalue weighted by molar-refractivity contribution is 5.84. The predicted molar refractivity (Wildman–Crippen MR) is 98.7 cm³/mol. The second kappa shape index (κ2) is 8.15. The monoisotopic (exact) mass is 352 g/mol. The van der Waals surface area contributed by atoms with Crippen LogP contribution in [0, 0.1) is 5.92 Å². The zero-order chi connectivity index (χ0) is 18.5. The molecule has 1 fully saturated rings. The van der Waals surface area contributed by atoms with E-state index in [1.54, 1.807) is 7.05 Å². The SMILES string of the molecule is CON(C)C(=O)C1CCC(=O)N(Cc2ccccc2)C1c1ccccc1. The number of piperidine rings is 1. The van der Waals surface area contributed by atoms with Gasteiger partial charge in [0, 0.05) is 20.0 Å². The molecule has 2 unspecified atom stereocenters. The van der Waals surface area contributed by atoms with Crippen molar-refractivity contribution in [1.82, 2.24) is 9.96 Å². The molecule has 2 aromatic rings. The van der Waals surface area contributed by atoms with E-state index in [0.717, 1.165) is 11.1 Å². The van der Waals surface area contributed by atoms with Gasteiger partial charge in [-0.3, -0.25) is 14.4 Å². The van der Waals surface area contributed by atoms with Crippen LogP contribution in [-0.2, 0) is 21.0 Å². The average molecular weight is 352 g/mol. The van der Waals surface area contributed by atoms with Gasteiger partial charge in [0.1, 0.15) is 0 Å². The van der Waals surface area contributed by atoms with Gasteiger partial charge in [-0.15, -0.1) is 0 Å². The summed E-state index contributed by atoms with van der Waals surface area (Å²) in [6.07, 6.45) is 0.889. The number of hydrogen-bond donors (Lipinski definition) is 0. The van der Waals surface area contributed by atoms with E-state index in [-0.39, 0.29) is 23.8 Å². The first-order valence-corrected chi connectivity index (χ1v) is 8.82. The lowest BCUT2D eigenvalue weighted by atomic mass is 9.83. The Labute approximate surface area is 154 Å². The normalized spacial score (nSPS) is 20.1. The molecule has 3 rings (SSSR count). The number of likely N-dealkylation sites (tertiary alicyclic amines) is 1. The first-order chi connectivity index (χ1) is 12.6. The standard InChI is InChI=1S/C21H24N2O3/c1-22(26-2)21(25)18-13-14-19(24)23(15-16-9-5-3-6-10-16)20(18)17-11-7-4-8-12-17/h3-12,18,20H,13-15H2,1-2H3. The van der Waals surface area contributed by atoms with Gasteiger partial charge < -0.3 is 4.90 Å². The van der Waals surface area contributed by atoms with Gasteiger partial charge in [-0.25, -0.2) is 5.06 Å². The van der Waals surface area contributed by atoms with E-state index in [2.05, 4.69) is 0 Å². The van der Waals surface area contributed by atoms with Gasteiger partial charge in [0.25, 0.3) is 5.91 Å². The molecular formula is C21H24N2O3. The Morgan fingerprint density at radius 3 is 2.35 bits per heavy atom. The van der Waals surface area contributed by atoms with Crippen LogP contribution in [0.3, 0.4) is 0 Å². The molecule has 2 atom stereocenters. The highest BCUT2D eigenvalue weighted by atomic mass is 16.7. The molecule has 1 heterocycles. The summed E-state index contributed by atoms with van der Waals surface area (Å²) in [6.45, 7) is 0.486. The summed E-state index contributed by atoms with van der Waals surface area (Å²) in [7, 11) is 3.09. The Balaban J connectivity index is 1.98. The van der Waals surface area contributed by atoms with E-state index >= 15 is 0 Å².